The Bertz CT molecular complexity index is 1210. The minimum Gasteiger partial charge on any atom is -0.370 e. The van der Waals surface area contributed by atoms with Crippen LogP contribution in [0.3, 0.4) is 0 Å². The Labute approximate surface area is 212 Å². The van der Waals surface area contributed by atoms with E-state index >= 15 is 0 Å². The van der Waals surface area contributed by atoms with Crippen LogP contribution < -0.4 is 15.8 Å². The van der Waals surface area contributed by atoms with Gasteiger partial charge < -0.3 is 9.64 Å². The maximum atomic E-state index is 11.9. The summed E-state index contributed by atoms with van der Waals surface area (Å²) in [6.45, 7) is 7.62. The van der Waals surface area contributed by atoms with Crippen molar-refractivity contribution in [3.05, 3.63) is 41.0 Å². The summed E-state index contributed by atoms with van der Waals surface area (Å²) < 4.78 is 30.4. The summed E-state index contributed by atoms with van der Waals surface area (Å²) >= 11 is 0. The van der Waals surface area contributed by atoms with Gasteiger partial charge in [0, 0.05) is 48.1 Å². The predicted octanol–water partition coefficient (Wildman–Crippen LogP) is 1.97. The Balaban J connectivity index is 1.09. The van der Waals surface area contributed by atoms with Crippen LogP contribution in [0.2, 0.25) is 0 Å². The van der Waals surface area contributed by atoms with Crippen molar-refractivity contribution in [2.24, 2.45) is 11.3 Å². The number of hydrogen-bond donors (Lipinski definition) is 2. The van der Waals surface area contributed by atoms with Crippen molar-refractivity contribution in [2.75, 3.05) is 29.5 Å². The number of aromatic nitrogens is 4. The molecule has 10 nitrogen and oxygen atoms in total. The zero-order valence-corrected chi connectivity index (χ0v) is 22.0. The molecule has 1 saturated carbocycles. The van der Waals surface area contributed by atoms with Crippen LogP contribution in [0.5, 0.6) is 0 Å². The third-order valence-electron chi connectivity index (χ3n) is 8.60. The van der Waals surface area contributed by atoms with Crippen molar-refractivity contribution in [3.8, 4) is 0 Å². The van der Waals surface area contributed by atoms with Gasteiger partial charge in [0.1, 0.15) is 0 Å². The van der Waals surface area contributed by atoms with E-state index in [1.807, 2.05) is 19.3 Å². The molecule has 11 heteroatoms. The van der Waals surface area contributed by atoms with E-state index in [1.165, 1.54) is 0 Å². The highest BCUT2D eigenvalue weighted by Crippen LogP contribution is 2.43. The van der Waals surface area contributed by atoms with Crippen molar-refractivity contribution in [3.63, 3.8) is 0 Å². The van der Waals surface area contributed by atoms with Gasteiger partial charge in [-0.15, -0.1) is 0 Å². The van der Waals surface area contributed by atoms with Crippen LogP contribution in [0.15, 0.2) is 18.6 Å². The minimum atomic E-state index is -2.88. The van der Waals surface area contributed by atoms with Crippen LogP contribution in [0, 0.1) is 25.2 Å². The van der Waals surface area contributed by atoms with Crippen LogP contribution in [-0.4, -0.2) is 65.3 Å². The number of rotatable bonds is 5. The second-order valence-electron chi connectivity index (χ2n) is 11.3. The van der Waals surface area contributed by atoms with E-state index < -0.39 is 9.84 Å². The first kappa shape index (κ1) is 24.1. The molecule has 3 aliphatic heterocycles. The quantitative estimate of drug-likeness (QED) is 0.613. The lowest BCUT2D eigenvalue weighted by Gasteiger charge is -2.47. The molecule has 4 unspecified atom stereocenters. The second-order valence-corrected chi connectivity index (χ2v) is 13.5. The lowest BCUT2D eigenvalue weighted by atomic mass is 9.78. The van der Waals surface area contributed by atoms with Gasteiger partial charge in [-0.2, -0.15) is 10.2 Å². The molecule has 0 amide bonds. The number of nitrogens with one attached hydrogen (secondary N) is 2. The maximum absolute atomic E-state index is 11.9. The molecule has 3 saturated heterocycles. The van der Waals surface area contributed by atoms with Gasteiger partial charge in [-0.25, -0.2) is 23.8 Å². The first-order chi connectivity index (χ1) is 17.2. The molecular formula is C25H35N7O3S. The Morgan fingerprint density at radius 3 is 2.61 bits per heavy atom. The molecule has 0 aromatic carbocycles. The van der Waals surface area contributed by atoms with E-state index in [1.54, 1.807) is 6.20 Å². The lowest BCUT2D eigenvalue weighted by molar-refractivity contribution is -0.0377. The molecule has 2 aromatic heterocycles. The van der Waals surface area contributed by atoms with Crippen LogP contribution in [0.25, 0.3) is 0 Å². The van der Waals surface area contributed by atoms with Crippen LogP contribution >= 0.6 is 0 Å². The third-order valence-corrected chi connectivity index (χ3v) is 10.5. The molecule has 2 N–H and O–H groups in total. The number of hydrazine groups is 1. The van der Waals surface area contributed by atoms with E-state index in [0.717, 1.165) is 61.2 Å². The number of aryl methyl sites for hydroxylation is 2. The smallest absolute Gasteiger partial charge is 0.225 e. The summed E-state index contributed by atoms with van der Waals surface area (Å²) in [4.78, 5) is 11.4. The van der Waals surface area contributed by atoms with E-state index in [9.17, 15) is 8.42 Å². The van der Waals surface area contributed by atoms with Gasteiger partial charge in [-0.05, 0) is 57.9 Å². The number of hydrogen-bond acceptors (Lipinski definition) is 10. The Kier molecular flexibility index (Phi) is 6.01. The number of ether oxygens (including phenoxy) is 1. The van der Waals surface area contributed by atoms with Crippen molar-refractivity contribution in [2.45, 2.75) is 70.7 Å². The predicted molar refractivity (Wildman–Crippen MR) is 135 cm³/mol. The normalized spacial score (nSPS) is 31.2. The summed E-state index contributed by atoms with van der Waals surface area (Å²) in [6, 6.07) is 0.523. The van der Waals surface area contributed by atoms with Gasteiger partial charge in [0.05, 0.1) is 41.6 Å². The molecule has 5 heterocycles. The summed E-state index contributed by atoms with van der Waals surface area (Å²) in [5.74, 6) is 1.69. The zero-order valence-electron chi connectivity index (χ0n) is 21.1. The monoisotopic (exact) mass is 513 g/mol. The highest BCUT2D eigenvalue weighted by Gasteiger charge is 2.51. The first-order valence-corrected chi connectivity index (χ1v) is 14.8. The minimum absolute atomic E-state index is 0.0277. The van der Waals surface area contributed by atoms with Gasteiger partial charge in [0.2, 0.25) is 5.95 Å². The fraction of sp³-hybridized carbons (Fsp3) is 0.680. The first-order valence-electron chi connectivity index (χ1n) is 12.9. The van der Waals surface area contributed by atoms with Gasteiger partial charge in [-0.1, -0.05) is 0 Å². The van der Waals surface area contributed by atoms with Crippen molar-refractivity contribution in [1.82, 2.24) is 31.0 Å². The SMILES string of the molecule is Cc1cnnc(C)c1[C@@H](C)OC1CCC2NNC(c3cnc(N4CC5(CCS(=O)(=O)C5)C4)nc3)C2C1. The number of sulfone groups is 1. The van der Waals surface area contributed by atoms with Gasteiger partial charge >= 0.3 is 0 Å². The molecular weight excluding hydrogens is 478 g/mol. The topological polar surface area (TPSA) is 122 Å². The summed E-state index contributed by atoms with van der Waals surface area (Å²) in [5, 5.41) is 8.27. The van der Waals surface area contributed by atoms with Crippen LogP contribution in [0.4, 0.5) is 5.95 Å². The van der Waals surface area contributed by atoms with Crippen molar-refractivity contribution >= 4 is 15.8 Å². The Hall–Kier alpha value is -2.21. The number of fused-ring (bicyclic) bond motifs is 1. The van der Waals surface area contributed by atoms with Gasteiger partial charge in [0.15, 0.2) is 9.84 Å². The summed E-state index contributed by atoms with van der Waals surface area (Å²) in [5.41, 5.74) is 11.1. The standard InChI is InChI=1S/C25H35N7O3S/c1-15-9-28-29-16(2)22(15)17(3)35-19-4-5-21-20(8-19)23(31-30-21)18-10-26-24(27-11-18)32-12-25(13-32)6-7-36(33,34)14-25/h9-11,17,19-21,23,30-31H,4-8,12-14H2,1-3H3/t17-,19?,20?,21?,23?/m1/s1. The van der Waals surface area contributed by atoms with Gasteiger partial charge in [0.25, 0.3) is 0 Å². The molecule has 1 spiro atoms. The fourth-order valence-corrected chi connectivity index (χ4v) is 8.99. The molecule has 4 fully saturated rings. The van der Waals surface area contributed by atoms with Crippen LogP contribution in [-0.2, 0) is 14.6 Å². The molecule has 0 radical (unpaired) electrons. The van der Waals surface area contributed by atoms with Crippen molar-refractivity contribution in [1.29, 1.82) is 0 Å². The van der Waals surface area contributed by atoms with Gasteiger partial charge in [-0.3, -0.25) is 5.43 Å². The summed E-state index contributed by atoms with van der Waals surface area (Å²) in [6.07, 6.45) is 9.58. The molecule has 36 heavy (non-hydrogen) atoms. The highest BCUT2D eigenvalue weighted by molar-refractivity contribution is 7.91. The Morgan fingerprint density at radius 2 is 1.92 bits per heavy atom. The van der Waals surface area contributed by atoms with Crippen molar-refractivity contribution < 1.29 is 13.2 Å². The fourth-order valence-electron chi connectivity index (χ4n) is 6.85. The average Bonchev–Trinajstić information content (AvgIpc) is 3.38. The largest absolute Gasteiger partial charge is 0.370 e. The number of anilines is 1. The zero-order chi connectivity index (χ0) is 25.1. The maximum Gasteiger partial charge on any atom is 0.225 e. The molecule has 4 aliphatic rings. The van der Waals surface area contributed by atoms with E-state index in [0.29, 0.717) is 29.4 Å². The molecule has 1 aliphatic carbocycles. The average molecular weight is 514 g/mol. The van der Waals surface area contributed by atoms with E-state index in [-0.39, 0.29) is 23.7 Å². The number of nitrogens with zero attached hydrogens (tertiary/aromatic N) is 5. The van der Waals surface area contributed by atoms with Crippen LogP contribution in [0.1, 0.15) is 67.1 Å². The van der Waals surface area contributed by atoms with E-state index in [4.69, 9.17) is 4.74 Å². The lowest BCUT2D eigenvalue weighted by Crippen LogP contribution is -2.57. The molecule has 5 atom stereocenters. The summed E-state index contributed by atoms with van der Waals surface area (Å²) in [7, 11) is -2.88. The molecule has 2 aromatic rings. The molecule has 194 valence electrons. The Morgan fingerprint density at radius 1 is 1.14 bits per heavy atom. The second kappa shape index (κ2) is 8.97. The molecule has 6 rings (SSSR count). The third kappa shape index (κ3) is 4.40. The van der Waals surface area contributed by atoms with E-state index in [2.05, 4.69) is 49.8 Å². The highest BCUT2D eigenvalue weighted by atomic mass is 32.2. The molecule has 0 bridgehead atoms.